The van der Waals surface area contributed by atoms with Crippen molar-refractivity contribution in [3.8, 4) is 0 Å². The zero-order chi connectivity index (χ0) is 9.47. The van der Waals surface area contributed by atoms with Crippen LogP contribution in [0.15, 0.2) is 23.2 Å². The Bertz CT molecular complexity index is 376. The lowest BCUT2D eigenvalue weighted by Gasteiger charge is -2.24. The van der Waals surface area contributed by atoms with Crippen LogP contribution >= 0.6 is 27.5 Å². The number of aliphatic hydroxyl groups is 1. The standard InChI is InChI=1S/C9H7BrClNO/c10-9(13)3-4-12-8-2-1-6(11)5-7(8)9/h1-2,4-5,13H,3H2. The molecule has 1 aromatic carbocycles. The lowest BCUT2D eigenvalue weighted by atomic mass is 10.0. The van der Waals surface area contributed by atoms with E-state index < -0.39 is 4.51 Å². The van der Waals surface area contributed by atoms with Gasteiger partial charge in [-0.2, -0.15) is 0 Å². The first-order chi connectivity index (χ1) is 6.09. The average Bonchev–Trinajstić information content (AvgIpc) is 2.06. The van der Waals surface area contributed by atoms with E-state index in [1.807, 2.05) is 0 Å². The molecule has 1 heterocycles. The Morgan fingerprint density at radius 1 is 1.54 bits per heavy atom. The molecule has 0 aromatic heterocycles. The van der Waals surface area contributed by atoms with Crippen LogP contribution in [0.25, 0.3) is 0 Å². The van der Waals surface area contributed by atoms with Gasteiger partial charge in [-0.1, -0.05) is 11.6 Å². The average molecular weight is 261 g/mol. The molecular formula is C9H7BrClNO. The van der Waals surface area contributed by atoms with Crippen molar-refractivity contribution in [1.29, 1.82) is 0 Å². The number of benzene rings is 1. The second-order valence-corrected chi connectivity index (χ2v) is 4.68. The van der Waals surface area contributed by atoms with E-state index in [-0.39, 0.29) is 0 Å². The Morgan fingerprint density at radius 2 is 2.31 bits per heavy atom. The van der Waals surface area contributed by atoms with E-state index in [9.17, 15) is 5.11 Å². The molecule has 1 unspecified atom stereocenters. The van der Waals surface area contributed by atoms with Crippen LogP contribution in [0, 0.1) is 0 Å². The van der Waals surface area contributed by atoms with Crippen LogP contribution in [0.3, 0.4) is 0 Å². The highest BCUT2D eigenvalue weighted by atomic mass is 79.9. The van der Waals surface area contributed by atoms with E-state index in [1.165, 1.54) is 0 Å². The quantitative estimate of drug-likeness (QED) is 0.715. The second kappa shape index (κ2) is 3.08. The molecule has 1 atom stereocenters. The predicted octanol–water partition coefficient (Wildman–Crippen LogP) is 2.99. The largest absolute Gasteiger partial charge is 0.374 e. The van der Waals surface area contributed by atoms with Crippen molar-refractivity contribution in [2.24, 2.45) is 4.99 Å². The first-order valence-electron chi connectivity index (χ1n) is 3.83. The summed E-state index contributed by atoms with van der Waals surface area (Å²) >= 11 is 9.05. The summed E-state index contributed by atoms with van der Waals surface area (Å²) in [6.07, 6.45) is 2.14. The van der Waals surface area contributed by atoms with Crippen molar-refractivity contribution in [2.45, 2.75) is 10.9 Å². The van der Waals surface area contributed by atoms with E-state index in [4.69, 9.17) is 11.6 Å². The molecule has 0 saturated carbocycles. The van der Waals surface area contributed by atoms with Crippen molar-refractivity contribution in [2.75, 3.05) is 0 Å². The monoisotopic (exact) mass is 259 g/mol. The van der Waals surface area contributed by atoms with Gasteiger partial charge in [0.1, 0.15) is 0 Å². The van der Waals surface area contributed by atoms with Gasteiger partial charge in [0.15, 0.2) is 4.51 Å². The number of rotatable bonds is 0. The van der Waals surface area contributed by atoms with Gasteiger partial charge in [0.2, 0.25) is 0 Å². The van der Waals surface area contributed by atoms with Crippen molar-refractivity contribution >= 4 is 39.4 Å². The van der Waals surface area contributed by atoms with E-state index in [0.717, 1.165) is 11.3 Å². The Kier molecular flexibility index (Phi) is 2.18. The lowest BCUT2D eigenvalue weighted by molar-refractivity contribution is 0.154. The third-order valence-corrected chi connectivity index (χ3v) is 2.95. The summed E-state index contributed by atoms with van der Waals surface area (Å²) in [5, 5.41) is 10.5. The summed E-state index contributed by atoms with van der Waals surface area (Å²) in [7, 11) is 0. The van der Waals surface area contributed by atoms with Crippen LogP contribution in [0.1, 0.15) is 12.0 Å². The Hall–Kier alpha value is -0.380. The van der Waals surface area contributed by atoms with Crippen LogP contribution < -0.4 is 0 Å². The molecular weight excluding hydrogens is 253 g/mol. The molecule has 2 rings (SSSR count). The van der Waals surface area contributed by atoms with E-state index >= 15 is 0 Å². The van der Waals surface area contributed by atoms with Crippen LogP contribution in [-0.4, -0.2) is 11.3 Å². The molecule has 68 valence electrons. The summed E-state index contributed by atoms with van der Waals surface area (Å²) < 4.78 is -1.02. The normalized spacial score (nSPS) is 25.8. The molecule has 1 aliphatic heterocycles. The van der Waals surface area contributed by atoms with Gasteiger partial charge in [0, 0.05) is 23.2 Å². The van der Waals surface area contributed by atoms with Gasteiger partial charge in [-0.3, -0.25) is 4.99 Å². The predicted molar refractivity (Wildman–Crippen MR) is 57.0 cm³/mol. The highest BCUT2D eigenvalue weighted by Crippen LogP contribution is 2.41. The zero-order valence-electron chi connectivity index (χ0n) is 6.67. The molecule has 0 amide bonds. The molecule has 1 aliphatic rings. The molecule has 0 radical (unpaired) electrons. The number of aliphatic imine (C=N–C) groups is 1. The van der Waals surface area contributed by atoms with Gasteiger partial charge in [0.25, 0.3) is 0 Å². The minimum Gasteiger partial charge on any atom is -0.374 e. The second-order valence-electron chi connectivity index (χ2n) is 2.94. The summed E-state index contributed by atoms with van der Waals surface area (Å²) in [5.74, 6) is 0. The number of fused-ring (bicyclic) bond motifs is 1. The maximum atomic E-state index is 9.92. The molecule has 4 heteroatoms. The third kappa shape index (κ3) is 1.64. The van der Waals surface area contributed by atoms with E-state index in [2.05, 4.69) is 20.9 Å². The molecule has 2 nitrogen and oxygen atoms in total. The molecule has 0 bridgehead atoms. The minimum atomic E-state index is -1.02. The molecule has 0 spiro atoms. The van der Waals surface area contributed by atoms with Gasteiger partial charge in [-0.25, -0.2) is 0 Å². The fourth-order valence-electron chi connectivity index (χ4n) is 1.30. The lowest BCUT2D eigenvalue weighted by Crippen LogP contribution is -2.20. The smallest absolute Gasteiger partial charge is 0.151 e. The van der Waals surface area contributed by atoms with Gasteiger partial charge < -0.3 is 5.11 Å². The first-order valence-corrected chi connectivity index (χ1v) is 5.00. The fourth-order valence-corrected chi connectivity index (χ4v) is 1.94. The number of hydrogen-bond acceptors (Lipinski definition) is 2. The third-order valence-electron chi connectivity index (χ3n) is 1.96. The fraction of sp³-hybridized carbons (Fsp3) is 0.222. The molecule has 1 aromatic rings. The Morgan fingerprint density at radius 3 is 3.08 bits per heavy atom. The van der Waals surface area contributed by atoms with Crippen molar-refractivity contribution in [1.82, 2.24) is 0 Å². The van der Waals surface area contributed by atoms with Crippen molar-refractivity contribution in [3.63, 3.8) is 0 Å². The molecule has 13 heavy (non-hydrogen) atoms. The maximum absolute atomic E-state index is 9.92. The number of nitrogens with zero attached hydrogens (tertiary/aromatic N) is 1. The highest BCUT2D eigenvalue weighted by molar-refractivity contribution is 9.09. The summed E-state index contributed by atoms with van der Waals surface area (Å²) in [6, 6.07) is 5.27. The summed E-state index contributed by atoms with van der Waals surface area (Å²) in [6.45, 7) is 0. The van der Waals surface area contributed by atoms with Crippen molar-refractivity contribution in [3.05, 3.63) is 28.8 Å². The topological polar surface area (TPSA) is 32.6 Å². The van der Waals surface area contributed by atoms with E-state index in [1.54, 1.807) is 24.4 Å². The Labute approximate surface area is 89.4 Å². The molecule has 0 fully saturated rings. The summed E-state index contributed by atoms with van der Waals surface area (Å²) in [5.41, 5.74) is 1.48. The number of alkyl halides is 1. The van der Waals surface area contributed by atoms with Crippen LogP contribution in [0.5, 0.6) is 0 Å². The van der Waals surface area contributed by atoms with Crippen LogP contribution in [0.2, 0.25) is 5.02 Å². The minimum absolute atomic E-state index is 0.459. The van der Waals surface area contributed by atoms with Crippen LogP contribution in [-0.2, 0) is 4.51 Å². The first kappa shape index (κ1) is 9.19. The SMILES string of the molecule is OC1(Br)CC=Nc2ccc(Cl)cc21. The molecule has 1 N–H and O–H groups in total. The van der Waals surface area contributed by atoms with Crippen LogP contribution in [0.4, 0.5) is 5.69 Å². The molecule has 0 aliphatic carbocycles. The van der Waals surface area contributed by atoms with Gasteiger partial charge in [-0.05, 0) is 34.1 Å². The van der Waals surface area contributed by atoms with Crippen molar-refractivity contribution < 1.29 is 5.11 Å². The number of halogens is 2. The Balaban J connectivity index is 2.62. The molecule has 0 saturated heterocycles. The van der Waals surface area contributed by atoms with E-state index in [0.29, 0.717) is 11.4 Å². The van der Waals surface area contributed by atoms with Gasteiger partial charge in [0.05, 0.1) is 5.69 Å². The maximum Gasteiger partial charge on any atom is 0.151 e. The van der Waals surface area contributed by atoms with Gasteiger partial charge >= 0.3 is 0 Å². The van der Waals surface area contributed by atoms with Gasteiger partial charge in [-0.15, -0.1) is 0 Å². The summed E-state index contributed by atoms with van der Waals surface area (Å²) in [4.78, 5) is 4.16. The number of hydrogen-bond donors (Lipinski definition) is 1. The highest BCUT2D eigenvalue weighted by Gasteiger charge is 2.29. The zero-order valence-corrected chi connectivity index (χ0v) is 9.01.